The maximum absolute atomic E-state index is 3.81. The average Bonchev–Trinajstić information content (AvgIpc) is 2.83. The Bertz CT molecular complexity index is 455. The Morgan fingerprint density at radius 1 is 1.14 bits per heavy atom. The predicted molar refractivity (Wildman–Crippen MR) is 93.7 cm³/mol. The maximum Gasteiger partial charge on any atom is 0.0161 e. The lowest BCUT2D eigenvalue weighted by atomic mass is 9.49. The van der Waals surface area contributed by atoms with Gasteiger partial charge in [0.05, 0.1) is 0 Å². The second kappa shape index (κ2) is 5.36. The third-order valence-electron chi connectivity index (χ3n) is 8.29. The third kappa shape index (κ3) is 2.14. The largest absolute Gasteiger partial charge is 0.310 e. The van der Waals surface area contributed by atoms with Crippen molar-refractivity contribution >= 4 is 0 Å². The van der Waals surface area contributed by atoms with Gasteiger partial charge in [0, 0.05) is 18.0 Å². The molecule has 1 heteroatoms. The van der Waals surface area contributed by atoms with Gasteiger partial charge in [0.1, 0.15) is 0 Å². The topological polar surface area (TPSA) is 12.0 Å². The number of hydrogen-bond donors (Lipinski definition) is 1. The smallest absolute Gasteiger partial charge is 0.0161 e. The van der Waals surface area contributed by atoms with E-state index in [1.165, 1.54) is 44.9 Å². The third-order valence-corrected chi connectivity index (χ3v) is 8.29. The lowest BCUT2D eigenvalue weighted by Gasteiger charge is -2.58. The highest BCUT2D eigenvalue weighted by Gasteiger charge is 2.57. The fraction of sp³-hybridized carbons (Fsp3) is 0.905. The van der Waals surface area contributed by atoms with Crippen LogP contribution in [0.15, 0.2) is 12.2 Å². The highest BCUT2D eigenvalue weighted by molar-refractivity contribution is 5.17. The molecule has 7 atom stereocenters. The van der Waals surface area contributed by atoms with Crippen LogP contribution >= 0.6 is 0 Å². The second-order valence-electron chi connectivity index (χ2n) is 9.47. The summed E-state index contributed by atoms with van der Waals surface area (Å²) < 4.78 is 0. The van der Waals surface area contributed by atoms with Crippen molar-refractivity contribution in [3.8, 4) is 0 Å². The normalized spacial score (nSPS) is 53.7. The van der Waals surface area contributed by atoms with Gasteiger partial charge in [0.15, 0.2) is 0 Å². The summed E-state index contributed by atoms with van der Waals surface area (Å²) in [6.07, 6.45) is 16.8. The summed E-state index contributed by atoms with van der Waals surface area (Å²) in [5, 5.41) is 3.81. The van der Waals surface area contributed by atoms with E-state index in [0.717, 1.165) is 36.3 Å². The summed E-state index contributed by atoms with van der Waals surface area (Å²) in [6, 6.07) is 0.746. The molecule has 0 aromatic rings. The molecule has 3 fully saturated rings. The first kappa shape index (κ1) is 15.2. The van der Waals surface area contributed by atoms with Gasteiger partial charge in [0.25, 0.3) is 0 Å². The standard InChI is InChI=1S/C21H35N/c1-4-6-15-13-18-16-7-8-19-21(3,10-5-12-22-19)17(16)9-11-20(18,2)14-15/h5,10,15-19,22H,4,6-9,11-14H2,1-3H3/t15-,16+,17-,18-,19?,20+,21+/m0/s1. The molecule has 0 aromatic heterocycles. The number of nitrogens with one attached hydrogen (secondary N) is 1. The monoisotopic (exact) mass is 301 g/mol. The average molecular weight is 302 g/mol. The van der Waals surface area contributed by atoms with E-state index in [9.17, 15) is 0 Å². The molecule has 4 aliphatic rings. The van der Waals surface area contributed by atoms with Crippen LogP contribution in [0, 0.1) is 34.5 Å². The van der Waals surface area contributed by atoms with Crippen LogP contribution in [-0.2, 0) is 0 Å². The summed E-state index contributed by atoms with van der Waals surface area (Å²) in [5.41, 5.74) is 1.11. The molecular formula is C21H35N. The Labute approximate surface area is 137 Å². The molecule has 1 unspecified atom stereocenters. The Hall–Kier alpha value is -0.300. The van der Waals surface area contributed by atoms with Gasteiger partial charge in [-0.25, -0.2) is 0 Å². The van der Waals surface area contributed by atoms with Gasteiger partial charge < -0.3 is 5.32 Å². The van der Waals surface area contributed by atoms with E-state index in [4.69, 9.17) is 0 Å². The first-order valence-corrected chi connectivity index (χ1v) is 9.98. The highest BCUT2D eigenvalue weighted by Crippen LogP contribution is 2.64. The molecule has 1 nitrogen and oxygen atoms in total. The summed E-state index contributed by atoms with van der Waals surface area (Å²) >= 11 is 0. The van der Waals surface area contributed by atoms with Gasteiger partial charge in [-0.2, -0.15) is 0 Å². The molecule has 124 valence electrons. The summed E-state index contributed by atoms with van der Waals surface area (Å²) in [5.74, 6) is 4.00. The summed E-state index contributed by atoms with van der Waals surface area (Å²) in [6.45, 7) is 8.68. The van der Waals surface area contributed by atoms with E-state index in [1.807, 2.05) is 0 Å². The molecule has 1 heterocycles. The van der Waals surface area contributed by atoms with Gasteiger partial charge in [0.2, 0.25) is 0 Å². The van der Waals surface area contributed by atoms with Crippen molar-refractivity contribution in [3.05, 3.63) is 12.2 Å². The zero-order chi connectivity index (χ0) is 15.4. The molecule has 1 aliphatic heterocycles. The minimum atomic E-state index is 0.436. The highest BCUT2D eigenvalue weighted by atomic mass is 14.9. The molecule has 0 bridgehead atoms. The lowest BCUT2D eigenvalue weighted by molar-refractivity contribution is -0.0529. The molecule has 3 saturated carbocycles. The molecule has 0 radical (unpaired) electrons. The Balaban J connectivity index is 1.60. The number of hydrogen-bond acceptors (Lipinski definition) is 1. The lowest BCUT2D eigenvalue weighted by Crippen LogP contribution is -2.57. The Morgan fingerprint density at radius 3 is 2.82 bits per heavy atom. The minimum absolute atomic E-state index is 0.436. The second-order valence-corrected chi connectivity index (χ2v) is 9.47. The van der Waals surface area contributed by atoms with E-state index >= 15 is 0 Å². The van der Waals surface area contributed by atoms with Gasteiger partial charge in [-0.1, -0.05) is 45.8 Å². The van der Waals surface area contributed by atoms with E-state index in [2.05, 4.69) is 38.2 Å². The fourth-order valence-corrected chi connectivity index (χ4v) is 7.31. The Morgan fingerprint density at radius 2 is 2.00 bits per heavy atom. The SMILES string of the molecule is CCC[C@H]1C[C@H]2[C@@H]3CCC4NCC=C[C@]4(C)[C@H]3CC[C@]2(C)C1. The summed E-state index contributed by atoms with van der Waals surface area (Å²) in [7, 11) is 0. The quantitative estimate of drug-likeness (QED) is 0.694. The van der Waals surface area contributed by atoms with Crippen molar-refractivity contribution in [2.45, 2.75) is 78.2 Å². The summed E-state index contributed by atoms with van der Waals surface area (Å²) in [4.78, 5) is 0. The van der Waals surface area contributed by atoms with Crippen LogP contribution in [0.3, 0.4) is 0 Å². The number of rotatable bonds is 2. The maximum atomic E-state index is 3.81. The zero-order valence-electron chi connectivity index (χ0n) is 14.9. The van der Waals surface area contributed by atoms with Crippen LogP contribution < -0.4 is 5.32 Å². The van der Waals surface area contributed by atoms with E-state index < -0.39 is 0 Å². The van der Waals surface area contributed by atoms with Crippen molar-refractivity contribution in [2.24, 2.45) is 34.5 Å². The molecule has 4 rings (SSSR count). The van der Waals surface area contributed by atoms with Crippen LogP contribution in [-0.4, -0.2) is 12.6 Å². The predicted octanol–water partition coefficient (Wildman–Crippen LogP) is 5.17. The van der Waals surface area contributed by atoms with Gasteiger partial charge in [-0.05, 0) is 67.6 Å². The zero-order valence-corrected chi connectivity index (χ0v) is 14.9. The van der Waals surface area contributed by atoms with Crippen molar-refractivity contribution in [1.82, 2.24) is 5.32 Å². The molecule has 0 spiro atoms. The van der Waals surface area contributed by atoms with Crippen molar-refractivity contribution in [2.75, 3.05) is 6.54 Å². The molecule has 0 aromatic carbocycles. The van der Waals surface area contributed by atoms with E-state index in [0.29, 0.717) is 10.8 Å². The first-order valence-electron chi connectivity index (χ1n) is 9.98. The molecule has 0 amide bonds. The van der Waals surface area contributed by atoms with Gasteiger partial charge in [-0.15, -0.1) is 0 Å². The Kier molecular flexibility index (Phi) is 3.72. The van der Waals surface area contributed by atoms with Gasteiger partial charge >= 0.3 is 0 Å². The van der Waals surface area contributed by atoms with Crippen molar-refractivity contribution < 1.29 is 0 Å². The van der Waals surface area contributed by atoms with Crippen LogP contribution in [0.25, 0.3) is 0 Å². The van der Waals surface area contributed by atoms with Gasteiger partial charge in [-0.3, -0.25) is 0 Å². The van der Waals surface area contributed by atoms with E-state index in [-0.39, 0.29) is 0 Å². The molecule has 1 N–H and O–H groups in total. The first-order chi connectivity index (χ1) is 10.6. The van der Waals surface area contributed by atoms with Crippen LogP contribution in [0.1, 0.15) is 72.1 Å². The fourth-order valence-electron chi connectivity index (χ4n) is 7.31. The minimum Gasteiger partial charge on any atom is -0.310 e. The van der Waals surface area contributed by atoms with Crippen LogP contribution in [0.4, 0.5) is 0 Å². The molecule has 0 saturated heterocycles. The van der Waals surface area contributed by atoms with Crippen molar-refractivity contribution in [3.63, 3.8) is 0 Å². The van der Waals surface area contributed by atoms with E-state index in [1.54, 1.807) is 6.42 Å². The van der Waals surface area contributed by atoms with Crippen LogP contribution in [0.5, 0.6) is 0 Å². The number of fused-ring (bicyclic) bond motifs is 5. The molecular weight excluding hydrogens is 266 g/mol. The molecule has 3 aliphatic carbocycles. The molecule has 22 heavy (non-hydrogen) atoms. The van der Waals surface area contributed by atoms with Crippen LogP contribution in [0.2, 0.25) is 0 Å². The van der Waals surface area contributed by atoms with Crippen molar-refractivity contribution in [1.29, 1.82) is 0 Å².